The van der Waals surface area contributed by atoms with Gasteiger partial charge in [0, 0.05) is 17.1 Å². The van der Waals surface area contributed by atoms with Gasteiger partial charge in [0.1, 0.15) is 6.10 Å². The van der Waals surface area contributed by atoms with Crippen molar-refractivity contribution in [3.8, 4) is 0 Å². The van der Waals surface area contributed by atoms with Gasteiger partial charge < -0.3 is 4.74 Å². The van der Waals surface area contributed by atoms with Crippen molar-refractivity contribution in [2.24, 2.45) is 5.92 Å². The maximum atomic E-state index is 12.9. The smallest absolute Gasteiger partial charge is 0.414 e. The van der Waals surface area contributed by atoms with Crippen LogP contribution in [0.1, 0.15) is 17.7 Å². The van der Waals surface area contributed by atoms with E-state index in [0.717, 1.165) is 43.0 Å². The third-order valence-corrected chi connectivity index (χ3v) is 5.89. The molecule has 126 valence electrons. The number of nitrogens with zero attached hydrogens (tertiary/aromatic N) is 2. The van der Waals surface area contributed by atoms with Gasteiger partial charge in [-0.15, -0.1) is 11.3 Å². The van der Waals surface area contributed by atoms with Gasteiger partial charge in [0.2, 0.25) is 0 Å². The Bertz CT molecular complexity index is 666. The molecule has 4 nitrogen and oxygen atoms in total. The maximum Gasteiger partial charge on any atom is 0.414 e. The fourth-order valence-electron chi connectivity index (χ4n) is 3.67. The molecule has 1 atom stereocenters. The molecule has 1 aromatic carbocycles. The molecule has 4 heterocycles. The average Bonchev–Trinajstić information content (AvgIpc) is 3.14. The first-order valence-electron chi connectivity index (χ1n) is 8.57. The first-order chi connectivity index (χ1) is 11.8. The van der Waals surface area contributed by atoms with E-state index >= 15 is 0 Å². The lowest BCUT2D eigenvalue weighted by molar-refractivity contribution is -0.0311. The molecule has 2 bridgehead atoms. The monoisotopic (exact) mass is 342 g/mol. The zero-order valence-corrected chi connectivity index (χ0v) is 14.5. The van der Waals surface area contributed by atoms with Crippen LogP contribution in [0.25, 0.3) is 0 Å². The van der Waals surface area contributed by atoms with Crippen molar-refractivity contribution in [1.82, 2.24) is 4.90 Å². The van der Waals surface area contributed by atoms with Crippen LogP contribution in [0.3, 0.4) is 0 Å². The second-order valence-electron chi connectivity index (χ2n) is 6.56. The van der Waals surface area contributed by atoms with Gasteiger partial charge >= 0.3 is 6.09 Å². The van der Waals surface area contributed by atoms with Crippen LogP contribution in [-0.4, -0.2) is 36.7 Å². The molecule has 5 heteroatoms. The Balaban J connectivity index is 1.50. The number of carbonyl (C=O) groups is 1. The minimum atomic E-state index is -0.228. The van der Waals surface area contributed by atoms with E-state index in [2.05, 4.69) is 11.0 Å². The summed E-state index contributed by atoms with van der Waals surface area (Å²) in [5.41, 5.74) is 0.886. The maximum absolute atomic E-state index is 12.9. The van der Waals surface area contributed by atoms with Crippen molar-refractivity contribution in [2.75, 3.05) is 24.5 Å². The lowest BCUT2D eigenvalue weighted by atomic mass is 9.86. The van der Waals surface area contributed by atoms with Gasteiger partial charge in [0.05, 0.1) is 6.54 Å². The van der Waals surface area contributed by atoms with Gasteiger partial charge in [0.25, 0.3) is 0 Å². The molecule has 0 saturated carbocycles. The van der Waals surface area contributed by atoms with Gasteiger partial charge in [-0.1, -0.05) is 24.3 Å². The summed E-state index contributed by atoms with van der Waals surface area (Å²) in [4.78, 5) is 18.2. The van der Waals surface area contributed by atoms with Crippen LogP contribution in [0.2, 0.25) is 0 Å². The topological polar surface area (TPSA) is 32.8 Å². The van der Waals surface area contributed by atoms with Gasteiger partial charge in [0.15, 0.2) is 0 Å². The second kappa shape index (κ2) is 6.95. The van der Waals surface area contributed by atoms with Crippen molar-refractivity contribution in [2.45, 2.75) is 25.5 Å². The van der Waals surface area contributed by atoms with Crippen LogP contribution in [0, 0.1) is 5.92 Å². The molecule has 3 aliphatic heterocycles. The van der Waals surface area contributed by atoms with Gasteiger partial charge in [-0.05, 0) is 55.4 Å². The minimum absolute atomic E-state index is 0.0366. The third-order valence-electron chi connectivity index (χ3n) is 5.03. The molecule has 0 N–H and O–H groups in total. The van der Waals surface area contributed by atoms with Gasteiger partial charge in [-0.3, -0.25) is 9.80 Å². The van der Waals surface area contributed by atoms with Crippen LogP contribution in [0.5, 0.6) is 0 Å². The van der Waals surface area contributed by atoms with Crippen LogP contribution in [0.15, 0.2) is 47.8 Å². The van der Waals surface area contributed by atoms with Crippen molar-refractivity contribution >= 4 is 23.1 Å². The lowest BCUT2D eigenvalue weighted by Gasteiger charge is -2.44. The Morgan fingerprint density at radius 2 is 1.96 bits per heavy atom. The number of hydrogen-bond donors (Lipinski definition) is 0. The summed E-state index contributed by atoms with van der Waals surface area (Å²) in [6.07, 6.45) is 2.10. The molecule has 1 aromatic heterocycles. The largest absolute Gasteiger partial charge is 0.444 e. The fourth-order valence-corrected chi connectivity index (χ4v) is 4.36. The molecule has 3 fully saturated rings. The van der Waals surface area contributed by atoms with Crippen molar-refractivity contribution < 1.29 is 9.53 Å². The number of amides is 1. The van der Waals surface area contributed by atoms with Crippen LogP contribution < -0.4 is 4.90 Å². The first-order valence-corrected chi connectivity index (χ1v) is 9.45. The van der Waals surface area contributed by atoms with Crippen LogP contribution in [0.4, 0.5) is 10.5 Å². The number of benzene rings is 1. The number of anilines is 1. The fraction of sp³-hybridized carbons (Fsp3) is 0.421. The van der Waals surface area contributed by atoms with E-state index in [4.69, 9.17) is 4.74 Å². The number of piperidine rings is 3. The summed E-state index contributed by atoms with van der Waals surface area (Å²) in [6, 6.07) is 13.9. The molecule has 0 spiro atoms. The quantitative estimate of drug-likeness (QED) is 0.842. The number of para-hydroxylation sites is 1. The normalized spacial score (nSPS) is 25.4. The highest BCUT2D eigenvalue weighted by Crippen LogP contribution is 2.30. The molecular weight excluding hydrogens is 320 g/mol. The second-order valence-corrected chi connectivity index (χ2v) is 7.59. The Labute approximate surface area is 146 Å². The highest BCUT2D eigenvalue weighted by atomic mass is 32.1. The number of rotatable bonds is 4. The lowest BCUT2D eigenvalue weighted by Crippen LogP contribution is -2.53. The van der Waals surface area contributed by atoms with Crippen molar-refractivity contribution in [3.63, 3.8) is 0 Å². The first kappa shape index (κ1) is 15.7. The summed E-state index contributed by atoms with van der Waals surface area (Å²) < 4.78 is 5.94. The molecule has 3 aliphatic rings. The van der Waals surface area contributed by atoms with Crippen molar-refractivity contribution in [1.29, 1.82) is 0 Å². The third kappa shape index (κ3) is 3.32. The number of thiophene rings is 1. The summed E-state index contributed by atoms with van der Waals surface area (Å²) in [5, 5.41) is 2.04. The average molecular weight is 342 g/mol. The van der Waals surface area contributed by atoms with E-state index in [0.29, 0.717) is 12.5 Å². The number of fused-ring (bicyclic) bond motifs is 3. The standard InChI is InChI=1S/C19H22N2O2S/c22-19(23-18-14-20-10-8-15(18)9-11-20)21(13-17-7-4-12-24-17)16-5-2-1-3-6-16/h1-7,12,15,18H,8-11,13-14H2. The molecule has 1 amide bonds. The predicted octanol–water partition coefficient (Wildman–Crippen LogP) is 3.99. The van der Waals surface area contributed by atoms with Gasteiger partial charge in [-0.2, -0.15) is 0 Å². The predicted molar refractivity (Wildman–Crippen MR) is 96.4 cm³/mol. The Morgan fingerprint density at radius 1 is 1.17 bits per heavy atom. The molecule has 2 aromatic rings. The number of ether oxygens (including phenoxy) is 1. The summed E-state index contributed by atoms with van der Waals surface area (Å²) in [7, 11) is 0. The van der Waals surface area contributed by atoms with Gasteiger partial charge in [-0.25, -0.2) is 4.79 Å². The molecular formula is C19H22N2O2S. The van der Waals surface area contributed by atoms with Crippen LogP contribution >= 0.6 is 11.3 Å². The SMILES string of the molecule is O=C(OC1CN2CCC1CC2)N(Cc1cccs1)c1ccccc1. The minimum Gasteiger partial charge on any atom is -0.444 e. The molecule has 0 aliphatic carbocycles. The van der Waals surface area contributed by atoms with E-state index in [9.17, 15) is 4.79 Å². The zero-order valence-electron chi connectivity index (χ0n) is 13.6. The molecule has 5 rings (SSSR count). The Morgan fingerprint density at radius 3 is 2.58 bits per heavy atom. The van der Waals surface area contributed by atoms with E-state index in [1.54, 1.807) is 16.2 Å². The van der Waals surface area contributed by atoms with E-state index in [1.807, 2.05) is 41.8 Å². The molecule has 24 heavy (non-hydrogen) atoms. The number of carbonyl (C=O) groups excluding carboxylic acids is 1. The molecule has 3 saturated heterocycles. The van der Waals surface area contributed by atoms with E-state index in [1.165, 1.54) is 0 Å². The zero-order chi connectivity index (χ0) is 16.4. The van der Waals surface area contributed by atoms with E-state index < -0.39 is 0 Å². The number of hydrogen-bond acceptors (Lipinski definition) is 4. The summed E-state index contributed by atoms with van der Waals surface area (Å²) in [5.74, 6) is 0.526. The highest BCUT2D eigenvalue weighted by molar-refractivity contribution is 7.09. The Hall–Kier alpha value is -1.85. The summed E-state index contributed by atoms with van der Waals surface area (Å²) >= 11 is 1.66. The van der Waals surface area contributed by atoms with Crippen LogP contribution in [-0.2, 0) is 11.3 Å². The van der Waals surface area contributed by atoms with E-state index in [-0.39, 0.29) is 12.2 Å². The van der Waals surface area contributed by atoms with Crippen molar-refractivity contribution in [3.05, 3.63) is 52.7 Å². The molecule has 1 unspecified atom stereocenters. The summed E-state index contributed by atoms with van der Waals surface area (Å²) in [6.45, 7) is 3.74. The molecule has 0 radical (unpaired) electrons. The Kier molecular flexibility index (Phi) is 4.54. The highest BCUT2D eigenvalue weighted by Gasteiger charge is 2.37.